The maximum Gasteiger partial charge on any atom is 0.195 e. The number of hydrogen-bond donors (Lipinski definition) is 1. The van der Waals surface area contributed by atoms with Crippen LogP contribution in [0.2, 0.25) is 0 Å². The predicted molar refractivity (Wildman–Crippen MR) is 76.5 cm³/mol. The molecule has 18 heavy (non-hydrogen) atoms. The van der Waals surface area contributed by atoms with Crippen LogP contribution in [-0.4, -0.2) is 19.7 Å². The van der Waals surface area contributed by atoms with Crippen LogP contribution >= 0.6 is 34.9 Å². The summed E-state index contributed by atoms with van der Waals surface area (Å²) in [7, 11) is 0. The van der Waals surface area contributed by atoms with Gasteiger partial charge >= 0.3 is 0 Å². The molecular formula is C11H10N4S3. The minimum absolute atomic E-state index is 0.662. The highest BCUT2D eigenvalue weighted by molar-refractivity contribution is 7.71. The van der Waals surface area contributed by atoms with E-state index >= 15 is 0 Å². The molecule has 0 bridgehead atoms. The first-order valence-corrected chi connectivity index (χ1v) is 7.59. The van der Waals surface area contributed by atoms with E-state index in [1.54, 1.807) is 22.7 Å². The van der Waals surface area contributed by atoms with E-state index in [4.69, 9.17) is 12.2 Å². The van der Waals surface area contributed by atoms with Gasteiger partial charge in [0.15, 0.2) is 10.6 Å². The molecule has 0 aliphatic carbocycles. The first-order valence-electron chi connectivity index (χ1n) is 5.42. The fourth-order valence-electron chi connectivity index (χ4n) is 1.70. The molecule has 92 valence electrons. The molecule has 3 rings (SSSR count). The lowest BCUT2D eigenvalue weighted by atomic mass is 10.4. The van der Waals surface area contributed by atoms with Gasteiger partial charge in [-0.3, -0.25) is 9.67 Å². The molecule has 0 radical (unpaired) electrons. The second-order valence-corrected chi connectivity index (χ2v) is 5.97. The monoisotopic (exact) mass is 294 g/mol. The van der Waals surface area contributed by atoms with E-state index in [9.17, 15) is 0 Å². The predicted octanol–water partition coefficient (Wildman–Crippen LogP) is 3.37. The number of aromatic amines is 1. The molecule has 0 atom stereocenters. The van der Waals surface area contributed by atoms with Crippen LogP contribution < -0.4 is 0 Å². The summed E-state index contributed by atoms with van der Waals surface area (Å²) in [5, 5.41) is 12.3. The first kappa shape index (κ1) is 11.8. The van der Waals surface area contributed by atoms with Gasteiger partial charge < -0.3 is 0 Å². The van der Waals surface area contributed by atoms with Crippen LogP contribution in [0.1, 0.15) is 5.01 Å². The van der Waals surface area contributed by atoms with Crippen molar-refractivity contribution >= 4 is 34.9 Å². The van der Waals surface area contributed by atoms with E-state index in [0.29, 0.717) is 4.77 Å². The van der Waals surface area contributed by atoms with Crippen molar-refractivity contribution in [2.45, 2.75) is 13.0 Å². The Kier molecular flexibility index (Phi) is 3.35. The van der Waals surface area contributed by atoms with Gasteiger partial charge in [0, 0.05) is 24.5 Å². The average Bonchev–Trinajstić information content (AvgIpc) is 3.08. The molecule has 4 nitrogen and oxygen atoms in total. The highest BCUT2D eigenvalue weighted by Crippen LogP contribution is 2.23. The van der Waals surface area contributed by atoms with Crippen molar-refractivity contribution in [2.75, 3.05) is 0 Å². The largest absolute Gasteiger partial charge is 0.299 e. The van der Waals surface area contributed by atoms with Gasteiger partial charge in [0.05, 0.1) is 9.88 Å². The maximum atomic E-state index is 5.27. The zero-order chi connectivity index (χ0) is 12.4. The fraction of sp³-hybridized carbons (Fsp3) is 0.182. The van der Waals surface area contributed by atoms with Crippen LogP contribution in [0.4, 0.5) is 0 Å². The molecule has 3 aromatic rings. The zero-order valence-electron chi connectivity index (χ0n) is 9.37. The molecule has 0 fully saturated rings. The Morgan fingerprint density at radius 3 is 3.00 bits per heavy atom. The molecule has 0 unspecified atom stereocenters. The minimum atomic E-state index is 0.662. The summed E-state index contributed by atoms with van der Waals surface area (Å²) in [6, 6.07) is 4.07. The molecular weight excluding hydrogens is 284 g/mol. The van der Waals surface area contributed by atoms with Crippen LogP contribution in [0, 0.1) is 4.77 Å². The Hall–Kier alpha value is -1.31. The van der Waals surface area contributed by atoms with E-state index in [1.165, 1.54) is 0 Å². The Labute approximate surface area is 117 Å². The molecule has 0 saturated carbocycles. The SMILES string of the molecule is S=c1[nH]nc(-c2cccs2)n1CCc1nccs1. The van der Waals surface area contributed by atoms with Gasteiger partial charge in [-0.2, -0.15) is 5.10 Å². The Balaban J connectivity index is 1.87. The van der Waals surface area contributed by atoms with Crippen LogP contribution in [0.5, 0.6) is 0 Å². The summed E-state index contributed by atoms with van der Waals surface area (Å²) in [5.41, 5.74) is 0. The lowest BCUT2D eigenvalue weighted by Crippen LogP contribution is -2.03. The highest BCUT2D eigenvalue weighted by atomic mass is 32.1. The van der Waals surface area contributed by atoms with Crippen molar-refractivity contribution in [1.82, 2.24) is 19.7 Å². The van der Waals surface area contributed by atoms with E-state index in [1.807, 2.05) is 27.6 Å². The number of rotatable bonds is 4. The minimum Gasteiger partial charge on any atom is -0.299 e. The van der Waals surface area contributed by atoms with Gasteiger partial charge in [0.2, 0.25) is 0 Å². The molecule has 0 saturated heterocycles. The Morgan fingerprint density at radius 1 is 1.33 bits per heavy atom. The second-order valence-electron chi connectivity index (χ2n) is 3.66. The lowest BCUT2D eigenvalue weighted by Gasteiger charge is -2.03. The Morgan fingerprint density at radius 2 is 2.28 bits per heavy atom. The standard InChI is InChI=1S/C11H10N4S3/c16-11-14-13-10(8-2-1-6-17-8)15(11)5-3-9-12-4-7-18-9/h1-2,4,6-7H,3,5H2,(H,14,16). The van der Waals surface area contributed by atoms with Crippen molar-refractivity contribution in [2.24, 2.45) is 0 Å². The molecule has 0 aliphatic heterocycles. The normalized spacial score (nSPS) is 10.9. The first-order chi connectivity index (χ1) is 8.84. The third-order valence-corrected chi connectivity index (χ3v) is 4.55. The third-order valence-electron chi connectivity index (χ3n) is 2.53. The van der Waals surface area contributed by atoms with E-state index < -0.39 is 0 Å². The molecule has 0 aromatic carbocycles. The number of nitrogens with zero attached hydrogens (tertiary/aromatic N) is 3. The van der Waals surface area contributed by atoms with E-state index in [-0.39, 0.29) is 0 Å². The van der Waals surface area contributed by atoms with Gasteiger partial charge in [-0.25, -0.2) is 4.98 Å². The molecule has 0 aliphatic rings. The number of H-pyrrole nitrogens is 1. The van der Waals surface area contributed by atoms with Crippen LogP contribution in [-0.2, 0) is 13.0 Å². The van der Waals surface area contributed by atoms with Crippen molar-refractivity contribution in [3.63, 3.8) is 0 Å². The van der Waals surface area contributed by atoms with E-state index in [0.717, 1.165) is 28.7 Å². The molecule has 1 N–H and O–H groups in total. The van der Waals surface area contributed by atoms with Crippen LogP contribution in [0.25, 0.3) is 10.7 Å². The smallest absolute Gasteiger partial charge is 0.195 e. The topological polar surface area (TPSA) is 46.5 Å². The number of nitrogens with one attached hydrogen (secondary N) is 1. The number of aryl methyl sites for hydroxylation is 1. The van der Waals surface area contributed by atoms with Gasteiger partial charge in [0.25, 0.3) is 0 Å². The lowest BCUT2D eigenvalue weighted by molar-refractivity contribution is 0.690. The number of thiazole rings is 1. The van der Waals surface area contributed by atoms with Crippen LogP contribution in [0.15, 0.2) is 29.1 Å². The molecule has 0 amide bonds. The summed E-state index contributed by atoms with van der Waals surface area (Å²) in [6.07, 6.45) is 2.71. The van der Waals surface area contributed by atoms with E-state index in [2.05, 4.69) is 21.2 Å². The summed E-state index contributed by atoms with van der Waals surface area (Å²) < 4.78 is 2.69. The van der Waals surface area contributed by atoms with Crippen molar-refractivity contribution in [3.05, 3.63) is 38.9 Å². The molecule has 3 heterocycles. The number of hydrogen-bond acceptors (Lipinski definition) is 5. The third kappa shape index (κ3) is 2.29. The fourth-order valence-corrected chi connectivity index (χ4v) is 3.26. The van der Waals surface area contributed by atoms with Gasteiger partial charge in [-0.1, -0.05) is 6.07 Å². The van der Waals surface area contributed by atoms with Crippen molar-refractivity contribution < 1.29 is 0 Å². The average molecular weight is 294 g/mol. The summed E-state index contributed by atoms with van der Waals surface area (Å²) in [4.78, 5) is 5.41. The van der Waals surface area contributed by atoms with Crippen molar-refractivity contribution in [3.8, 4) is 10.7 Å². The van der Waals surface area contributed by atoms with Gasteiger partial charge in [-0.05, 0) is 23.7 Å². The van der Waals surface area contributed by atoms with Crippen molar-refractivity contribution in [1.29, 1.82) is 0 Å². The Bertz CT molecular complexity index is 664. The van der Waals surface area contributed by atoms with Gasteiger partial charge in [0.1, 0.15) is 0 Å². The molecule has 3 aromatic heterocycles. The van der Waals surface area contributed by atoms with Crippen LogP contribution in [0.3, 0.4) is 0 Å². The number of aromatic nitrogens is 4. The summed E-state index contributed by atoms with van der Waals surface area (Å²) >= 11 is 8.61. The van der Waals surface area contributed by atoms with Gasteiger partial charge in [-0.15, -0.1) is 22.7 Å². The number of thiophene rings is 1. The highest BCUT2D eigenvalue weighted by Gasteiger charge is 2.09. The molecule has 7 heteroatoms. The second kappa shape index (κ2) is 5.13. The molecule has 0 spiro atoms. The summed E-state index contributed by atoms with van der Waals surface area (Å²) in [5.74, 6) is 0.909. The summed E-state index contributed by atoms with van der Waals surface area (Å²) in [6.45, 7) is 0.802. The zero-order valence-corrected chi connectivity index (χ0v) is 11.8. The quantitative estimate of drug-likeness (QED) is 0.750. The maximum absolute atomic E-state index is 5.27.